The number of hydrogen-bond acceptors (Lipinski definition) is 5. The maximum absolute atomic E-state index is 11.7. The highest BCUT2D eigenvalue weighted by Gasteiger charge is 2.15. The molecule has 0 aliphatic carbocycles. The van der Waals surface area contributed by atoms with Gasteiger partial charge in [0, 0.05) is 25.5 Å². The molecule has 0 fully saturated rings. The van der Waals surface area contributed by atoms with Crippen LogP contribution in [0.25, 0.3) is 5.69 Å². The van der Waals surface area contributed by atoms with Crippen LogP contribution in [0.4, 0.5) is 0 Å². The van der Waals surface area contributed by atoms with Gasteiger partial charge in [0.2, 0.25) is 10.0 Å². The fraction of sp³-hybridized carbons (Fsp3) is 0.333. The molecule has 2 aromatic rings. The number of halogens is 1. The van der Waals surface area contributed by atoms with Crippen LogP contribution in [-0.4, -0.2) is 52.7 Å². The van der Waals surface area contributed by atoms with Gasteiger partial charge in [-0.2, -0.15) is 0 Å². The minimum Gasteiger partial charge on any atom is -0.506 e. The molecule has 0 saturated heterocycles. The minimum absolute atomic E-state index is 0.0109. The fourth-order valence-corrected chi connectivity index (χ4v) is 2.63. The van der Waals surface area contributed by atoms with Crippen molar-refractivity contribution in [2.45, 2.75) is 6.42 Å². The van der Waals surface area contributed by atoms with E-state index in [1.807, 2.05) is 0 Å². The summed E-state index contributed by atoms with van der Waals surface area (Å²) >= 11 is 5.87. The molecule has 1 heterocycles. The van der Waals surface area contributed by atoms with Gasteiger partial charge in [-0.25, -0.2) is 17.4 Å². The van der Waals surface area contributed by atoms with Crippen LogP contribution in [0, 0.1) is 0 Å². The molecule has 0 unspecified atom stereocenters. The predicted octanol–water partition coefficient (Wildman–Crippen LogP) is 1.06. The Morgan fingerprint density at radius 1 is 1.38 bits per heavy atom. The highest BCUT2D eigenvalue weighted by Crippen LogP contribution is 2.24. The van der Waals surface area contributed by atoms with E-state index >= 15 is 0 Å². The summed E-state index contributed by atoms with van der Waals surface area (Å²) in [7, 11) is -0.316. The lowest BCUT2D eigenvalue weighted by molar-refractivity contribution is 0.470. The third kappa shape index (κ3) is 3.72. The first kappa shape index (κ1) is 15.7. The molecular weight excluding hydrogens is 316 g/mol. The van der Waals surface area contributed by atoms with Gasteiger partial charge in [0.1, 0.15) is 11.4 Å². The highest BCUT2D eigenvalue weighted by molar-refractivity contribution is 7.89. The van der Waals surface area contributed by atoms with Crippen LogP contribution in [0.15, 0.2) is 24.4 Å². The van der Waals surface area contributed by atoms with Gasteiger partial charge in [0.25, 0.3) is 0 Å². The Balaban J connectivity index is 2.17. The topological polar surface area (TPSA) is 88.3 Å². The number of phenolic OH excluding ortho intramolecular Hbond substituents is 1. The van der Waals surface area contributed by atoms with Gasteiger partial charge in [-0.05, 0) is 18.2 Å². The Morgan fingerprint density at radius 3 is 2.76 bits per heavy atom. The standard InChI is InChI=1S/C12H15ClN4O3S/c1-16(2)21(19,20)6-5-10-8-17(15-14-10)11-7-9(13)3-4-12(11)18/h3-4,7-8,18H,5-6H2,1-2H3. The summed E-state index contributed by atoms with van der Waals surface area (Å²) in [5, 5.41) is 18.0. The van der Waals surface area contributed by atoms with Crippen molar-refractivity contribution in [1.29, 1.82) is 0 Å². The van der Waals surface area contributed by atoms with Crippen LogP contribution in [0.3, 0.4) is 0 Å². The average Bonchev–Trinajstić information content (AvgIpc) is 2.88. The monoisotopic (exact) mass is 330 g/mol. The summed E-state index contributed by atoms with van der Waals surface area (Å²) in [6.45, 7) is 0. The smallest absolute Gasteiger partial charge is 0.213 e. The number of rotatable bonds is 5. The third-order valence-corrected chi connectivity index (χ3v) is 4.97. The van der Waals surface area contributed by atoms with E-state index in [4.69, 9.17) is 11.6 Å². The zero-order valence-electron chi connectivity index (χ0n) is 11.6. The van der Waals surface area contributed by atoms with Gasteiger partial charge in [0.15, 0.2) is 0 Å². The van der Waals surface area contributed by atoms with Crippen LogP contribution in [0.2, 0.25) is 5.02 Å². The second-order valence-corrected chi connectivity index (χ2v) is 7.37. The van der Waals surface area contributed by atoms with Crippen LogP contribution >= 0.6 is 11.6 Å². The number of nitrogens with zero attached hydrogens (tertiary/aromatic N) is 4. The van der Waals surface area contributed by atoms with Gasteiger partial charge in [-0.3, -0.25) is 0 Å². The number of sulfonamides is 1. The van der Waals surface area contributed by atoms with E-state index in [0.717, 1.165) is 0 Å². The normalized spacial score (nSPS) is 12.0. The van der Waals surface area contributed by atoms with Crippen molar-refractivity contribution in [3.8, 4) is 11.4 Å². The van der Waals surface area contributed by atoms with Crippen molar-refractivity contribution < 1.29 is 13.5 Å². The lowest BCUT2D eigenvalue weighted by atomic mass is 10.3. The molecule has 1 aromatic heterocycles. The lowest BCUT2D eigenvalue weighted by Gasteiger charge is -2.09. The number of aryl methyl sites for hydroxylation is 1. The van der Waals surface area contributed by atoms with Crippen LogP contribution in [0.5, 0.6) is 5.75 Å². The summed E-state index contributed by atoms with van der Waals surface area (Å²) in [5.74, 6) is -0.0444. The summed E-state index contributed by atoms with van der Waals surface area (Å²) in [6, 6.07) is 4.56. The molecule has 9 heteroatoms. The predicted molar refractivity (Wildman–Crippen MR) is 79.2 cm³/mol. The molecule has 21 heavy (non-hydrogen) atoms. The second kappa shape index (κ2) is 6.00. The fourth-order valence-electron chi connectivity index (χ4n) is 1.63. The molecule has 2 rings (SSSR count). The SMILES string of the molecule is CN(C)S(=O)(=O)CCc1cn(-c2cc(Cl)ccc2O)nn1. The third-order valence-electron chi connectivity index (χ3n) is 2.90. The average molecular weight is 331 g/mol. The van der Waals surface area contributed by atoms with Crippen LogP contribution in [-0.2, 0) is 16.4 Å². The molecule has 0 aliphatic heterocycles. The maximum Gasteiger partial charge on any atom is 0.213 e. The maximum atomic E-state index is 11.7. The summed E-state index contributed by atoms with van der Waals surface area (Å²) < 4.78 is 25.9. The Bertz CT molecular complexity index is 743. The van der Waals surface area contributed by atoms with E-state index in [1.165, 1.54) is 29.1 Å². The quantitative estimate of drug-likeness (QED) is 0.885. The van der Waals surface area contributed by atoms with Gasteiger partial charge in [0.05, 0.1) is 17.6 Å². The molecule has 0 aliphatic rings. The van der Waals surface area contributed by atoms with Crippen molar-refractivity contribution in [3.05, 3.63) is 35.1 Å². The number of aromatic nitrogens is 3. The molecule has 0 bridgehead atoms. The van der Waals surface area contributed by atoms with Gasteiger partial charge >= 0.3 is 0 Å². The largest absolute Gasteiger partial charge is 0.506 e. The Labute approximate surface area is 127 Å². The van der Waals surface area contributed by atoms with E-state index in [9.17, 15) is 13.5 Å². The number of phenols is 1. The van der Waals surface area contributed by atoms with Crippen molar-refractivity contribution >= 4 is 21.6 Å². The van der Waals surface area contributed by atoms with Crippen molar-refractivity contribution in [3.63, 3.8) is 0 Å². The number of benzene rings is 1. The van der Waals surface area contributed by atoms with Gasteiger partial charge in [-0.1, -0.05) is 16.8 Å². The van der Waals surface area contributed by atoms with Crippen molar-refractivity contribution in [2.24, 2.45) is 0 Å². The van der Waals surface area contributed by atoms with Crippen molar-refractivity contribution in [2.75, 3.05) is 19.8 Å². The van der Waals surface area contributed by atoms with E-state index in [2.05, 4.69) is 10.3 Å². The number of hydrogen-bond donors (Lipinski definition) is 1. The first-order valence-electron chi connectivity index (χ1n) is 6.10. The molecule has 7 nitrogen and oxygen atoms in total. The highest BCUT2D eigenvalue weighted by atomic mass is 35.5. The Hall–Kier alpha value is -1.64. The second-order valence-electron chi connectivity index (χ2n) is 4.64. The van der Waals surface area contributed by atoms with Crippen molar-refractivity contribution in [1.82, 2.24) is 19.3 Å². The molecule has 0 radical (unpaired) electrons. The Kier molecular flexibility index (Phi) is 4.50. The van der Waals surface area contributed by atoms with E-state index in [1.54, 1.807) is 18.3 Å². The summed E-state index contributed by atoms with van der Waals surface area (Å²) in [4.78, 5) is 0. The number of aromatic hydroxyl groups is 1. The molecule has 0 amide bonds. The Morgan fingerprint density at radius 2 is 2.10 bits per heavy atom. The molecule has 1 N–H and O–H groups in total. The van der Waals surface area contributed by atoms with Gasteiger partial charge in [-0.15, -0.1) is 5.10 Å². The summed E-state index contributed by atoms with van der Waals surface area (Å²) in [5.41, 5.74) is 0.900. The molecule has 1 aromatic carbocycles. The lowest BCUT2D eigenvalue weighted by Crippen LogP contribution is -2.26. The van der Waals surface area contributed by atoms with Crippen LogP contribution in [0.1, 0.15) is 5.69 Å². The zero-order valence-corrected chi connectivity index (χ0v) is 13.1. The molecule has 0 atom stereocenters. The summed E-state index contributed by atoms with van der Waals surface area (Å²) in [6.07, 6.45) is 1.80. The molecule has 114 valence electrons. The first-order chi connectivity index (χ1) is 9.79. The van der Waals surface area contributed by atoms with E-state index < -0.39 is 10.0 Å². The first-order valence-corrected chi connectivity index (χ1v) is 8.08. The van der Waals surface area contributed by atoms with E-state index in [-0.39, 0.29) is 17.9 Å². The zero-order chi connectivity index (χ0) is 15.6. The van der Waals surface area contributed by atoms with Crippen LogP contribution < -0.4 is 0 Å². The molecule has 0 saturated carbocycles. The van der Waals surface area contributed by atoms with Gasteiger partial charge < -0.3 is 5.11 Å². The molecular formula is C12H15ClN4O3S. The minimum atomic E-state index is -3.28. The van der Waals surface area contributed by atoms with E-state index in [0.29, 0.717) is 16.4 Å². The molecule has 0 spiro atoms.